The molecule has 3 aliphatic rings. The first-order valence-corrected chi connectivity index (χ1v) is 9.16. The Hall–Kier alpha value is -1.31. The van der Waals surface area contributed by atoms with Crippen LogP contribution in [0.4, 0.5) is 0 Å². The molecule has 2 heteroatoms. The lowest BCUT2D eigenvalue weighted by Crippen LogP contribution is -2.59. The van der Waals surface area contributed by atoms with E-state index in [9.17, 15) is 4.79 Å². The number of ether oxygens (including phenoxy) is 1. The Morgan fingerprint density at radius 2 is 2.00 bits per heavy atom. The molecule has 1 saturated heterocycles. The van der Waals surface area contributed by atoms with Gasteiger partial charge in [-0.2, -0.15) is 0 Å². The van der Waals surface area contributed by atoms with Gasteiger partial charge in [0.25, 0.3) is 0 Å². The molecular formula is C21H28O2. The van der Waals surface area contributed by atoms with E-state index in [0.717, 1.165) is 12.8 Å². The normalized spacial score (nSPS) is 38.7. The van der Waals surface area contributed by atoms with Crippen LogP contribution in [0.25, 0.3) is 0 Å². The van der Waals surface area contributed by atoms with E-state index in [-0.39, 0.29) is 22.9 Å². The third-order valence-electron chi connectivity index (χ3n) is 6.92. The first-order chi connectivity index (χ1) is 10.8. The van der Waals surface area contributed by atoms with Gasteiger partial charge in [-0.3, -0.25) is 4.79 Å². The Morgan fingerprint density at radius 3 is 2.74 bits per heavy atom. The number of carbonyl (C=O) groups is 1. The molecule has 0 radical (unpaired) electrons. The maximum Gasteiger partial charge on any atom is 0.306 e. The van der Waals surface area contributed by atoms with Crippen molar-refractivity contribution in [2.24, 2.45) is 11.3 Å². The van der Waals surface area contributed by atoms with Gasteiger partial charge in [0.1, 0.15) is 6.10 Å². The summed E-state index contributed by atoms with van der Waals surface area (Å²) in [5.41, 5.74) is 4.60. The molecular weight excluding hydrogens is 284 g/mol. The summed E-state index contributed by atoms with van der Waals surface area (Å²) >= 11 is 0. The van der Waals surface area contributed by atoms with E-state index in [4.69, 9.17) is 4.74 Å². The van der Waals surface area contributed by atoms with Gasteiger partial charge in [-0.05, 0) is 46.3 Å². The lowest BCUT2D eigenvalue weighted by Gasteiger charge is -2.59. The van der Waals surface area contributed by atoms with Crippen molar-refractivity contribution in [3.05, 3.63) is 34.9 Å². The van der Waals surface area contributed by atoms with Gasteiger partial charge in [-0.1, -0.05) is 52.3 Å². The van der Waals surface area contributed by atoms with Gasteiger partial charge in [0.15, 0.2) is 0 Å². The van der Waals surface area contributed by atoms with Crippen LogP contribution in [0.2, 0.25) is 0 Å². The number of esters is 1. The van der Waals surface area contributed by atoms with Gasteiger partial charge in [-0.15, -0.1) is 0 Å². The number of hydrogen-bond acceptors (Lipinski definition) is 2. The Bertz CT molecular complexity index is 662. The summed E-state index contributed by atoms with van der Waals surface area (Å²) in [6, 6.07) is 7.06. The van der Waals surface area contributed by atoms with E-state index in [1.165, 1.54) is 29.5 Å². The molecule has 1 aromatic carbocycles. The van der Waals surface area contributed by atoms with Crippen molar-refractivity contribution in [2.75, 3.05) is 0 Å². The molecule has 1 aliphatic heterocycles. The topological polar surface area (TPSA) is 26.3 Å². The molecule has 4 atom stereocenters. The highest BCUT2D eigenvalue weighted by Gasteiger charge is 2.59. The highest BCUT2D eigenvalue weighted by atomic mass is 16.5. The highest BCUT2D eigenvalue weighted by molar-refractivity contribution is 5.72. The first kappa shape index (κ1) is 15.2. The molecule has 1 saturated carbocycles. The fraction of sp³-hybridized carbons (Fsp3) is 0.667. The molecule has 0 amide bonds. The van der Waals surface area contributed by atoms with Crippen molar-refractivity contribution >= 4 is 5.97 Å². The van der Waals surface area contributed by atoms with E-state index in [0.29, 0.717) is 18.3 Å². The summed E-state index contributed by atoms with van der Waals surface area (Å²) in [4.78, 5) is 12.2. The number of benzene rings is 1. The third kappa shape index (κ3) is 2.10. The van der Waals surface area contributed by atoms with Crippen LogP contribution < -0.4 is 0 Å². The minimum absolute atomic E-state index is 0.0152. The van der Waals surface area contributed by atoms with Crippen molar-refractivity contribution in [2.45, 2.75) is 77.2 Å². The van der Waals surface area contributed by atoms with Gasteiger partial charge in [0.2, 0.25) is 0 Å². The predicted molar refractivity (Wildman–Crippen MR) is 91.5 cm³/mol. The van der Waals surface area contributed by atoms with Crippen molar-refractivity contribution in [3.8, 4) is 0 Å². The van der Waals surface area contributed by atoms with Crippen LogP contribution in [0.3, 0.4) is 0 Å². The molecule has 0 spiro atoms. The summed E-state index contributed by atoms with van der Waals surface area (Å²) in [6.07, 6.45) is 5.17. The number of fused-ring (bicyclic) bond motifs is 2. The van der Waals surface area contributed by atoms with E-state index in [2.05, 4.69) is 45.9 Å². The number of hydrogen-bond donors (Lipinski definition) is 0. The quantitative estimate of drug-likeness (QED) is 0.700. The van der Waals surface area contributed by atoms with Crippen molar-refractivity contribution in [1.29, 1.82) is 0 Å². The molecule has 23 heavy (non-hydrogen) atoms. The van der Waals surface area contributed by atoms with Crippen LogP contribution in [-0.4, -0.2) is 12.1 Å². The van der Waals surface area contributed by atoms with Crippen molar-refractivity contribution < 1.29 is 9.53 Å². The molecule has 1 heterocycles. The summed E-state index contributed by atoms with van der Waals surface area (Å²) in [7, 11) is 0. The van der Waals surface area contributed by atoms with Crippen molar-refractivity contribution in [3.63, 3.8) is 0 Å². The van der Waals surface area contributed by atoms with Gasteiger partial charge >= 0.3 is 5.97 Å². The second-order valence-corrected chi connectivity index (χ2v) is 8.88. The molecule has 1 aromatic rings. The zero-order valence-corrected chi connectivity index (χ0v) is 14.8. The van der Waals surface area contributed by atoms with Crippen LogP contribution in [0.5, 0.6) is 0 Å². The van der Waals surface area contributed by atoms with Crippen molar-refractivity contribution in [1.82, 2.24) is 0 Å². The second kappa shape index (κ2) is 4.84. The summed E-state index contributed by atoms with van der Waals surface area (Å²) in [5, 5.41) is 0. The Kier molecular flexibility index (Phi) is 3.21. The first-order valence-electron chi connectivity index (χ1n) is 9.16. The fourth-order valence-electron chi connectivity index (χ4n) is 5.98. The van der Waals surface area contributed by atoms with Crippen LogP contribution in [-0.2, 0) is 21.4 Å². The average molecular weight is 312 g/mol. The van der Waals surface area contributed by atoms with Crippen LogP contribution in [0.15, 0.2) is 18.2 Å². The Morgan fingerprint density at radius 1 is 1.22 bits per heavy atom. The Labute approximate surface area is 139 Å². The van der Waals surface area contributed by atoms with Gasteiger partial charge in [-0.25, -0.2) is 0 Å². The lowest BCUT2D eigenvalue weighted by molar-refractivity contribution is -0.183. The highest BCUT2D eigenvalue weighted by Crippen LogP contribution is 2.60. The molecule has 2 nitrogen and oxygen atoms in total. The zero-order chi connectivity index (χ0) is 16.4. The van der Waals surface area contributed by atoms with E-state index >= 15 is 0 Å². The molecule has 0 N–H and O–H groups in total. The molecule has 124 valence electrons. The maximum absolute atomic E-state index is 12.2. The predicted octanol–water partition coefficient (Wildman–Crippen LogP) is 4.75. The van der Waals surface area contributed by atoms with E-state index in [1.807, 2.05) is 0 Å². The molecule has 1 unspecified atom stereocenters. The summed E-state index contributed by atoms with van der Waals surface area (Å²) in [5.74, 6) is 1.02. The van der Waals surface area contributed by atoms with Gasteiger partial charge < -0.3 is 4.74 Å². The van der Waals surface area contributed by atoms with E-state index in [1.54, 1.807) is 0 Å². The lowest BCUT2D eigenvalue weighted by atomic mass is 9.47. The van der Waals surface area contributed by atoms with Gasteiger partial charge in [0.05, 0.1) is 6.42 Å². The van der Waals surface area contributed by atoms with E-state index < -0.39 is 0 Å². The zero-order valence-electron chi connectivity index (χ0n) is 14.8. The smallest absolute Gasteiger partial charge is 0.306 e. The molecule has 2 aliphatic carbocycles. The standard InChI is InChI=1S/C21H28O2/c1-13(2)14-6-7-16-15(10-14)11-17-19-20(3,12-18(22)23-17)8-5-9-21(16,19)4/h6-7,10,13,17,19H,5,8-9,11-12H2,1-4H3/t17-,19?,20-,21-/m1/s1. The minimum atomic E-state index is 0.0152. The van der Waals surface area contributed by atoms with Crippen LogP contribution >= 0.6 is 0 Å². The largest absolute Gasteiger partial charge is 0.462 e. The monoisotopic (exact) mass is 312 g/mol. The summed E-state index contributed by atoms with van der Waals surface area (Å²) < 4.78 is 5.88. The SMILES string of the molecule is CC(C)c1ccc2c(c1)C[C@H]1OC(=O)C[C@@]3(C)CCC[C@@]2(C)C13. The maximum atomic E-state index is 12.2. The molecule has 0 aromatic heterocycles. The Balaban J connectivity index is 1.86. The molecule has 0 bridgehead atoms. The fourth-order valence-corrected chi connectivity index (χ4v) is 5.98. The third-order valence-corrected chi connectivity index (χ3v) is 6.92. The second-order valence-electron chi connectivity index (χ2n) is 8.88. The number of rotatable bonds is 1. The average Bonchev–Trinajstić information content (AvgIpc) is 2.45. The molecule has 2 fully saturated rings. The molecule has 4 rings (SSSR count). The minimum Gasteiger partial charge on any atom is -0.462 e. The summed E-state index contributed by atoms with van der Waals surface area (Å²) in [6.45, 7) is 9.24. The van der Waals surface area contributed by atoms with Crippen LogP contribution in [0.1, 0.15) is 76.0 Å². The van der Waals surface area contributed by atoms with Crippen LogP contribution in [0, 0.1) is 11.3 Å². The number of carbonyl (C=O) groups excluding carboxylic acids is 1. The van der Waals surface area contributed by atoms with Gasteiger partial charge in [0, 0.05) is 12.3 Å².